The molecule has 1 aliphatic heterocycles. The van der Waals surface area contributed by atoms with E-state index in [1.54, 1.807) is 0 Å². The highest BCUT2D eigenvalue weighted by Crippen LogP contribution is 2.41. The van der Waals surface area contributed by atoms with E-state index < -0.39 is 0 Å². The van der Waals surface area contributed by atoms with Crippen LogP contribution < -0.4 is 5.32 Å². The minimum atomic E-state index is 0.0228. The van der Waals surface area contributed by atoms with Gasteiger partial charge in [0.25, 0.3) is 5.91 Å². The topological polar surface area (TPSA) is 60.7 Å². The van der Waals surface area contributed by atoms with Gasteiger partial charge >= 0.3 is 0 Å². The number of aromatic nitrogens is 2. The summed E-state index contributed by atoms with van der Waals surface area (Å²) in [7, 11) is 0. The van der Waals surface area contributed by atoms with Gasteiger partial charge in [0.1, 0.15) is 0 Å². The smallest absolute Gasteiger partial charge is 0.252 e. The number of fused-ring (bicyclic) bond motifs is 10. The second-order valence-corrected chi connectivity index (χ2v) is 6.88. The van der Waals surface area contributed by atoms with Gasteiger partial charge in [-0.3, -0.25) is 4.79 Å². The van der Waals surface area contributed by atoms with Crippen molar-refractivity contribution in [2.24, 2.45) is 0 Å². The lowest BCUT2D eigenvalue weighted by Crippen LogP contribution is -2.12. The summed E-state index contributed by atoms with van der Waals surface area (Å²) >= 11 is 0. The predicted octanol–water partition coefficient (Wildman–Crippen LogP) is 4.51. The number of aryl methyl sites for hydroxylation is 1. The van der Waals surface area contributed by atoms with E-state index in [1.165, 1.54) is 10.9 Å². The molecule has 4 heteroatoms. The number of benzene rings is 3. The van der Waals surface area contributed by atoms with Crippen LogP contribution in [0.1, 0.15) is 21.5 Å². The summed E-state index contributed by atoms with van der Waals surface area (Å²) < 4.78 is 0. The van der Waals surface area contributed by atoms with Gasteiger partial charge in [0.15, 0.2) is 0 Å². The van der Waals surface area contributed by atoms with Crippen molar-refractivity contribution in [3.63, 3.8) is 0 Å². The highest BCUT2D eigenvalue weighted by molar-refractivity contribution is 6.30. The summed E-state index contributed by atoms with van der Waals surface area (Å²) in [6.07, 6.45) is 0. The van der Waals surface area contributed by atoms with Crippen molar-refractivity contribution in [1.82, 2.24) is 15.3 Å². The van der Waals surface area contributed by atoms with Gasteiger partial charge in [-0.05, 0) is 30.7 Å². The van der Waals surface area contributed by atoms with Gasteiger partial charge in [0, 0.05) is 39.1 Å². The highest BCUT2D eigenvalue weighted by Gasteiger charge is 2.29. The molecule has 1 amide bonds. The first-order valence-corrected chi connectivity index (χ1v) is 8.48. The van der Waals surface area contributed by atoms with E-state index in [-0.39, 0.29) is 5.91 Å². The van der Waals surface area contributed by atoms with Crippen LogP contribution in [0.5, 0.6) is 0 Å². The van der Waals surface area contributed by atoms with Crippen LogP contribution in [0.3, 0.4) is 0 Å². The average Bonchev–Trinajstić information content (AvgIpc) is 3.27. The van der Waals surface area contributed by atoms with E-state index in [4.69, 9.17) is 0 Å². The Morgan fingerprint density at radius 3 is 2.52 bits per heavy atom. The number of amides is 1. The Hall–Kier alpha value is -3.27. The third-order valence-electron chi connectivity index (χ3n) is 5.42. The number of rotatable bonds is 0. The van der Waals surface area contributed by atoms with Gasteiger partial charge in [-0.15, -0.1) is 0 Å². The Labute approximate surface area is 142 Å². The zero-order valence-corrected chi connectivity index (χ0v) is 13.7. The molecular formula is C21H15N3O. The number of hydrogen-bond donors (Lipinski definition) is 3. The number of H-pyrrole nitrogens is 2. The van der Waals surface area contributed by atoms with Gasteiger partial charge < -0.3 is 15.3 Å². The second kappa shape index (κ2) is 4.22. The molecule has 1 aliphatic rings. The zero-order valence-electron chi connectivity index (χ0n) is 13.7. The predicted molar refractivity (Wildman–Crippen MR) is 101 cm³/mol. The van der Waals surface area contributed by atoms with Crippen LogP contribution >= 0.6 is 0 Å². The molecule has 120 valence electrons. The molecule has 6 rings (SSSR count). The van der Waals surface area contributed by atoms with Gasteiger partial charge in [0.2, 0.25) is 0 Å². The van der Waals surface area contributed by atoms with Crippen molar-refractivity contribution in [2.45, 2.75) is 13.5 Å². The molecule has 0 bridgehead atoms. The number of aromatic amines is 2. The maximum atomic E-state index is 12.7. The quantitative estimate of drug-likeness (QED) is 0.385. The van der Waals surface area contributed by atoms with Crippen LogP contribution in [0.25, 0.3) is 43.6 Å². The number of hydrogen-bond acceptors (Lipinski definition) is 1. The van der Waals surface area contributed by atoms with E-state index in [0.29, 0.717) is 6.54 Å². The van der Waals surface area contributed by atoms with Gasteiger partial charge in [-0.1, -0.05) is 29.8 Å². The van der Waals surface area contributed by atoms with Gasteiger partial charge in [-0.2, -0.15) is 0 Å². The molecule has 5 aromatic rings. The van der Waals surface area contributed by atoms with Crippen LogP contribution in [0.4, 0.5) is 0 Å². The number of carbonyl (C=O) groups is 1. The summed E-state index contributed by atoms with van der Waals surface area (Å²) in [5, 5.41) is 7.49. The molecule has 0 saturated carbocycles. The largest absolute Gasteiger partial charge is 0.353 e. The molecule has 0 radical (unpaired) electrons. The first-order chi connectivity index (χ1) is 12.2. The molecule has 3 aromatic carbocycles. The maximum Gasteiger partial charge on any atom is 0.252 e. The fourth-order valence-electron chi connectivity index (χ4n) is 4.36. The van der Waals surface area contributed by atoms with E-state index in [9.17, 15) is 4.79 Å². The molecule has 2 aromatic heterocycles. The van der Waals surface area contributed by atoms with E-state index >= 15 is 0 Å². The van der Waals surface area contributed by atoms with Crippen LogP contribution in [0, 0.1) is 6.92 Å². The molecular weight excluding hydrogens is 310 g/mol. The molecule has 4 nitrogen and oxygen atoms in total. The van der Waals surface area contributed by atoms with Gasteiger partial charge in [-0.25, -0.2) is 0 Å². The minimum absolute atomic E-state index is 0.0228. The fraction of sp³-hybridized carbons (Fsp3) is 0.0952. The molecule has 3 heterocycles. The van der Waals surface area contributed by atoms with E-state index in [0.717, 1.165) is 49.4 Å². The fourth-order valence-corrected chi connectivity index (χ4v) is 4.36. The Morgan fingerprint density at radius 1 is 0.880 bits per heavy atom. The molecule has 0 aliphatic carbocycles. The number of para-hydroxylation sites is 1. The monoisotopic (exact) mass is 325 g/mol. The van der Waals surface area contributed by atoms with Crippen molar-refractivity contribution >= 4 is 49.5 Å². The Bertz CT molecular complexity index is 1370. The van der Waals surface area contributed by atoms with Crippen molar-refractivity contribution in [2.75, 3.05) is 0 Å². The van der Waals surface area contributed by atoms with Crippen molar-refractivity contribution in [3.05, 3.63) is 59.2 Å². The van der Waals surface area contributed by atoms with Crippen LogP contribution in [-0.2, 0) is 6.54 Å². The van der Waals surface area contributed by atoms with Crippen molar-refractivity contribution < 1.29 is 4.79 Å². The summed E-state index contributed by atoms with van der Waals surface area (Å²) in [6, 6.07) is 14.6. The maximum absolute atomic E-state index is 12.7. The average molecular weight is 325 g/mol. The Morgan fingerprint density at radius 2 is 1.64 bits per heavy atom. The third-order valence-corrected chi connectivity index (χ3v) is 5.42. The first-order valence-electron chi connectivity index (χ1n) is 8.48. The minimum Gasteiger partial charge on any atom is -0.353 e. The standard InChI is InChI=1S/C21H15N3O/c1-10-6-7-15-12(8-10)17-18-13(9-22-21(18)25)16-11-4-2-3-5-14(11)23-19(16)20(17)24-15/h2-8,23-24H,9H2,1H3,(H,22,25). The third kappa shape index (κ3) is 1.50. The molecule has 0 atom stereocenters. The molecule has 0 fully saturated rings. The van der Waals surface area contributed by atoms with Crippen LogP contribution in [0.2, 0.25) is 0 Å². The summed E-state index contributed by atoms with van der Waals surface area (Å²) in [5.74, 6) is 0.0228. The number of carbonyl (C=O) groups excluding carboxylic acids is 1. The van der Waals surface area contributed by atoms with Crippen LogP contribution in [0.15, 0.2) is 42.5 Å². The van der Waals surface area contributed by atoms with Crippen LogP contribution in [-0.4, -0.2) is 15.9 Å². The molecule has 0 spiro atoms. The molecule has 3 N–H and O–H groups in total. The number of nitrogens with one attached hydrogen (secondary N) is 3. The lowest BCUT2D eigenvalue weighted by Gasteiger charge is -2.04. The summed E-state index contributed by atoms with van der Waals surface area (Å²) in [6.45, 7) is 2.67. The second-order valence-electron chi connectivity index (χ2n) is 6.88. The molecule has 25 heavy (non-hydrogen) atoms. The van der Waals surface area contributed by atoms with Crippen molar-refractivity contribution in [1.29, 1.82) is 0 Å². The zero-order chi connectivity index (χ0) is 16.7. The van der Waals surface area contributed by atoms with E-state index in [1.807, 2.05) is 12.1 Å². The Balaban J connectivity index is 1.99. The lowest BCUT2D eigenvalue weighted by atomic mass is 9.97. The van der Waals surface area contributed by atoms with E-state index in [2.05, 4.69) is 52.5 Å². The van der Waals surface area contributed by atoms with Crippen molar-refractivity contribution in [3.8, 4) is 0 Å². The summed E-state index contributed by atoms with van der Waals surface area (Å²) in [5.41, 5.74) is 7.38. The highest BCUT2D eigenvalue weighted by atomic mass is 16.1. The molecule has 0 saturated heterocycles. The first kappa shape index (κ1) is 13.1. The normalized spacial score (nSPS) is 14.0. The summed E-state index contributed by atoms with van der Waals surface area (Å²) in [4.78, 5) is 19.8. The Kier molecular flexibility index (Phi) is 2.21. The lowest BCUT2D eigenvalue weighted by molar-refractivity contribution is 0.0967. The SMILES string of the molecule is Cc1ccc2[nH]c3c4[nH]c5ccccc5c4c4c(c3c2c1)C(=O)NC4. The van der Waals surface area contributed by atoms with Gasteiger partial charge in [0.05, 0.1) is 16.6 Å². The molecule has 0 unspecified atom stereocenters.